The molecule has 0 radical (unpaired) electrons. The van der Waals surface area contributed by atoms with E-state index in [1.54, 1.807) is 6.92 Å². The van der Waals surface area contributed by atoms with Gasteiger partial charge >= 0.3 is 13.0 Å². The molecule has 132 valence electrons. The molecule has 5 nitrogen and oxygen atoms in total. The molecule has 0 aromatic heterocycles. The van der Waals surface area contributed by atoms with Crippen LogP contribution in [-0.4, -0.2) is 43.1 Å². The van der Waals surface area contributed by atoms with Crippen molar-refractivity contribution in [2.75, 3.05) is 6.61 Å². The average molecular weight is 347 g/mol. The fourth-order valence-electron chi connectivity index (χ4n) is 2.88. The first-order chi connectivity index (χ1) is 11.1. The third kappa shape index (κ3) is 3.47. The highest BCUT2D eigenvalue weighted by Gasteiger charge is 2.48. The van der Waals surface area contributed by atoms with Crippen LogP contribution in [0.25, 0.3) is 0 Å². The Kier molecular flexibility index (Phi) is 5.35. The first-order valence-electron chi connectivity index (χ1n) is 8.64. The van der Waals surface area contributed by atoms with Crippen molar-refractivity contribution in [3.8, 4) is 0 Å². The number of rotatable bonds is 5. The second kappa shape index (κ2) is 6.80. The van der Waals surface area contributed by atoms with Gasteiger partial charge in [0.15, 0.2) is 0 Å². The number of fused-ring (bicyclic) bond motifs is 1. The van der Waals surface area contributed by atoms with Gasteiger partial charge in [-0.2, -0.15) is 0 Å². The summed E-state index contributed by atoms with van der Waals surface area (Å²) in [6.45, 7) is 14.0. The number of nitrogens with two attached hydrogens (primary N) is 1. The summed E-state index contributed by atoms with van der Waals surface area (Å²) in [5.41, 5.74) is 7.13. The average Bonchev–Trinajstić information content (AvgIpc) is 2.86. The van der Waals surface area contributed by atoms with Gasteiger partial charge in [-0.05, 0) is 30.4 Å². The van der Waals surface area contributed by atoms with Crippen molar-refractivity contribution in [3.05, 3.63) is 36.2 Å². The molecule has 24 heavy (non-hydrogen) atoms. The lowest BCUT2D eigenvalue weighted by molar-refractivity contribution is -0.144. The van der Waals surface area contributed by atoms with Crippen molar-refractivity contribution < 1.29 is 9.53 Å². The zero-order valence-electron chi connectivity index (χ0n) is 15.7. The first kappa shape index (κ1) is 18.9. The van der Waals surface area contributed by atoms with Crippen molar-refractivity contribution in [2.45, 2.75) is 58.3 Å². The second-order valence-corrected chi connectivity index (χ2v) is 13.1. The molecule has 7 heteroatoms. The van der Waals surface area contributed by atoms with Gasteiger partial charge in [-0.15, -0.1) is 0 Å². The Hall–Kier alpha value is -1.47. The van der Waals surface area contributed by atoms with Crippen LogP contribution in [-0.2, 0) is 9.53 Å². The van der Waals surface area contributed by atoms with Crippen molar-refractivity contribution in [2.24, 2.45) is 5.73 Å². The third-order valence-electron chi connectivity index (χ3n) is 5.33. The van der Waals surface area contributed by atoms with Crippen molar-refractivity contribution in [1.29, 1.82) is 0 Å². The Morgan fingerprint density at radius 3 is 2.62 bits per heavy atom. The molecule has 2 N–H and O–H groups in total. The Labute approximate surface area is 147 Å². The van der Waals surface area contributed by atoms with Crippen LogP contribution in [0.4, 0.5) is 0 Å². The maximum Gasteiger partial charge on any atom is 0.398 e. The second-order valence-electron chi connectivity index (χ2n) is 7.95. The summed E-state index contributed by atoms with van der Waals surface area (Å²) in [4.78, 5) is 14.1. The van der Waals surface area contributed by atoms with Crippen molar-refractivity contribution >= 4 is 21.2 Å². The maximum atomic E-state index is 11.9. The van der Waals surface area contributed by atoms with Crippen LogP contribution in [0.15, 0.2) is 36.2 Å². The minimum absolute atomic E-state index is 0.181. The molecular formula is C17H30BN3O2Si. The van der Waals surface area contributed by atoms with Gasteiger partial charge < -0.3 is 19.8 Å². The smallest absolute Gasteiger partial charge is 0.398 e. The number of allylic oxidation sites excluding steroid dienone is 2. The molecule has 2 rings (SSSR count). The Balaban J connectivity index is 2.27. The molecule has 0 saturated heterocycles. The number of carbonyl (C=O) groups is 1. The molecule has 0 aliphatic carbocycles. The summed E-state index contributed by atoms with van der Waals surface area (Å²) in [7, 11) is -1.74. The first-order valence-corrected chi connectivity index (χ1v) is 11.6. The number of carbonyl (C=O) groups excluding carboxylic acids is 1. The number of nitrogens with zero attached hydrogens (tertiary/aromatic N) is 2. The van der Waals surface area contributed by atoms with E-state index in [0.29, 0.717) is 13.0 Å². The van der Waals surface area contributed by atoms with Gasteiger partial charge in [-0.3, -0.25) is 4.79 Å². The van der Waals surface area contributed by atoms with Gasteiger partial charge in [-0.1, -0.05) is 45.9 Å². The monoisotopic (exact) mass is 347 g/mol. The third-order valence-corrected chi connectivity index (χ3v) is 10.7. The molecule has 0 bridgehead atoms. The van der Waals surface area contributed by atoms with Gasteiger partial charge in [0.2, 0.25) is 0 Å². The van der Waals surface area contributed by atoms with Crippen LogP contribution in [0.5, 0.6) is 0 Å². The molecule has 2 aliphatic rings. The summed E-state index contributed by atoms with van der Waals surface area (Å²) in [6.07, 6.45) is 8.88. The fourth-order valence-corrected chi connectivity index (χ4v) is 5.00. The van der Waals surface area contributed by atoms with E-state index in [9.17, 15) is 4.79 Å². The van der Waals surface area contributed by atoms with Gasteiger partial charge in [0, 0.05) is 12.1 Å². The lowest BCUT2D eigenvalue weighted by atomic mass is 9.73. The van der Waals surface area contributed by atoms with Crippen molar-refractivity contribution in [3.63, 3.8) is 0 Å². The molecule has 0 fully saturated rings. The van der Waals surface area contributed by atoms with Crippen molar-refractivity contribution in [1.82, 2.24) is 9.29 Å². The quantitative estimate of drug-likeness (QED) is 0.612. The molecular weight excluding hydrogens is 317 g/mol. The molecule has 0 spiro atoms. The number of hydrogen-bond acceptors (Lipinski definition) is 5. The molecule has 2 heterocycles. The molecule has 1 atom stereocenters. The Morgan fingerprint density at radius 1 is 1.38 bits per heavy atom. The van der Waals surface area contributed by atoms with Gasteiger partial charge in [-0.25, -0.2) is 0 Å². The van der Waals surface area contributed by atoms with E-state index in [1.807, 2.05) is 6.08 Å². The fraction of sp³-hybridized carbons (Fsp3) is 0.588. The standard InChI is InChI=1S/C17H30BN3O2Si/c1-7-23-16(22)15(19)12-14-13-21(24(5,6)17(2,3)4)18-10-8-9-11-20(14)18/h8-11,13,15H,7,12,19H2,1-6H3/t15-/m0/s1. The predicted molar refractivity (Wildman–Crippen MR) is 102 cm³/mol. The Morgan fingerprint density at radius 2 is 2.04 bits per heavy atom. The van der Waals surface area contributed by atoms with Gasteiger partial charge in [0.05, 0.1) is 6.61 Å². The molecule has 0 aromatic carbocycles. The summed E-state index contributed by atoms with van der Waals surface area (Å²) in [5, 5.41) is 0.225. The van der Waals surface area contributed by atoms with Gasteiger partial charge in [0.25, 0.3) is 0 Å². The van der Waals surface area contributed by atoms with Crippen LogP contribution >= 0.6 is 0 Å². The maximum absolute atomic E-state index is 11.9. The highest BCUT2D eigenvalue weighted by Crippen LogP contribution is 2.42. The van der Waals surface area contributed by atoms with E-state index >= 15 is 0 Å². The van der Waals surface area contributed by atoms with E-state index in [1.165, 1.54) is 0 Å². The number of ether oxygens (including phenoxy) is 1. The van der Waals surface area contributed by atoms with E-state index < -0.39 is 14.3 Å². The lowest BCUT2D eigenvalue weighted by Crippen LogP contribution is -2.59. The minimum atomic E-state index is -1.74. The number of esters is 1. The summed E-state index contributed by atoms with van der Waals surface area (Å²) < 4.78 is 7.55. The van der Waals surface area contributed by atoms with Crippen LogP contribution < -0.4 is 5.73 Å². The molecule has 2 aliphatic heterocycles. The van der Waals surface area contributed by atoms with Crippen LogP contribution in [0.1, 0.15) is 34.1 Å². The van der Waals surface area contributed by atoms with Gasteiger partial charge in [0.1, 0.15) is 14.3 Å². The summed E-state index contributed by atoms with van der Waals surface area (Å²) >= 11 is 0. The molecule has 0 amide bonds. The summed E-state index contributed by atoms with van der Waals surface area (Å²) in [6, 6.07) is -0.629. The summed E-state index contributed by atoms with van der Waals surface area (Å²) in [5.74, 6) is 1.87. The molecule has 0 saturated carbocycles. The normalized spacial score (nSPS) is 18.6. The van der Waals surface area contributed by atoms with Crippen LogP contribution in [0.3, 0.4) is 0 Å². The van der Waals surface area contributed by atoms with E-state index in [-0.39, 0.29) is 18.0 Å². The van der Waals surface area contributed by atoms with Crippen LogP contribution in [0, 0.1) is 0 Å². The minimum Gasteiger partial charge on any atom is -0.465 e. The SMILES string of the molecule is CCOC(=O)[C@@H](N)CC1=CN([Si](C)(C)C(C)(C)C)B2C=CC=CN21. The van der Waals surface area contributed by atoms with E-state index in [2.05, 4.69) is 67.6 Å². The van der Waals surface area contributed by atoms with E-state index in [0.717, 1.165) is 5.70 Å². The van der Waals surface area contributed by atoms with E-state index in [4.69, 9.17) is 10.5 Å². The Bertz CT molecular complexity index is 581. The van der Waals surface area contributed by atoms with Crippen LogP contribution in [0.2, 0.25) is 18.1 Å². The molecule has 0 aromatic rings. The zero-order valence-corrected chi connectivity index (χ0v) is 16.7. The highest BCUT2D eigenvalue weighted by molar-refractivity contribution is 6.87. The molecule has 0 unspecified atom stereocenters. The number of hydrogen-bond donors (Lipinski definition) is 1. The largest absolute Gasteiger partial charge is 0.465 e. The zero-order chi connectivity index (χ0) is 18.1. The predicted octanol–water partition coefficient (Wildman–Crippen LogP) is 2.84. The highest BCUT2D eigenvalue weighted by atomic mass is 28.3. The topological polar surface area (TPSA) is 58.8 Å². The lowest BCUT2D eigenvalue weighted by Gasteiger charge is -2.46.